The van der Waals surface area contributed by atoms with Gasteiger partial charge in [-0.1, -0.05) is 0 Å². The number of benzene rings is 1. The molecule has 0 amide bonds. The van der Waals surface area contributed by atoms with Crippen LogP contribution in [0, 0.1) is 0 Å². The number of methoxy groups -OCH3 is 1. The lowest BCUT2D eigenvalue weighted by Gasteiger charge is -2.03. The number of rotatable bonds is 3. The largest absolute Gasteiger partial charge is 0.497 e. The van der Waals surface area contributed by atoms with Gasteiger partial charge in [0, 0.05) is 23.8 Å². The highest BCUT2D eigenvalue weighted by Crippen LogP contribution is 2.13. The summed E-state index contributed by atoms with van der Waals surface area (Å²) >= 11 is 5.69. The third-order valence-corrected chi connectivity index (χ3v) is 2.79. The third-order valence-electron chi connectivity index (χ3n) is 2.48. The zero-order valence-corrected chi connectivity index (χ0v) is 10.1. The van der Waals surface area contributed by atoms with Crippen molar-refractivity contribution >= 4 is 17.5 Å². The minimum atomic E-state index is -0.0796. The van der Waals surface area contributed by atoms with Crippen molar-refractivity contribution in [3.05, 3.63) is 53.9 Å². The van der Waals surface area contributed by atoms with Crippen molar-refractivity contribution in [3.63, 3.8) is 0 Å². The lowest BCUT2D eigenvalue weighted by Crippen LogP contribution is -2.09. The van der Waals surface area contributed by atoms with Gasteiger partial charge in [0.25, 0.3) is 5.91 Å². The highest BCUT2D eigenvalue weighted by Gasteiger charge is 2.08. The second-order valence-corrected chi connectivity index (χ2v) is 3.86. The molecular weight excluding hydrogens is 238 g/mol. The van der Waals surface area contributed by atoms with Crippen molar-refractivity contribution in [1.82, 2.24) is 4.57 Å². The first-order valence-corrected chi connectivity index (χ1v) is 5.69. The van der Waals surface area contributed by atoms with Crippen LogP contribution in [0.25, 0.3) is 0 Å². The molecule has 0 aliphatic rings. The maximum Gasteiger partial charge on any atom is 0.261 e. The van der Waals surface area contributed by atoms with Gasteiger partial charge >= 0.3 is 0 Å². The van der Waals surface area contributed by atoms with Gasteiger partial charge in [0.2, 0.25) is 0 Å². The van der Waals surface area contributed by atoms with Crippen LogP contribution < -0.4 is 4.74 Å². The van der Waals surface area contributed by atoms with Gasteiger partial charge in [-0.05, 0) is 35.9 Å². The van der Waals surface area contributed by atoms with Gasteiger partial charge in [0.05, 0.1) is 7.11 Å². The summed E-state index contributed by atoms with van der Waals surface area (Å²) in [5.74, 6) is 1.06. The Labute approximate surface area is 105 Å². The fourth-order valence-electron chi connectivity index (χ4n) is 1.53. The quantitative estimate of drug-likeness (QED) is 0.784. The van der Waals surface area contributed by atoms with Crippen LogP contribution in [0.2, 0.25) is 0 Å². The Morgan fingerprint density at radius 3 is 2.53 bits per heavy atom. The Morgan fingerprint density at radius 1 is 1.29 bits per heavy atom. The molecule has 1 heterocycles. The van der Waals surface area contributed by atoms with E-state index >= 15 is 0 Å². The van der Waals surface area contributed by atoms with Crippen molar-refractivity contribution in [3.8, 4) is 5.75 Å². The Morgan fingerprint density at radius 2 is 2.00 bits per heavy atom. The molecule has 0 bridgehead atoms. The predicted molar refractivity (Wildman–Crippen MR) is 66.7 cm³/mol. The second kappa shape index (κ2) is 5.06. The maximum atomic E-state index is 12.1. The van der Waals surface area contributed by atoms with Crippen LogP contribution in [-0.4, -0.2) is 17.6 Å². The van der Waals surface area contributed by atoms with Crippen LogP contribution in [0.3, 0.4) is 0 Å². The van der Waals surface area contributed by atoms with Gasteiger partial charge in [-0.15, -0.1) is 11.6 Å². The van der Waals surface area contributed by atoms with Crippen molar-refractivity contribution in [2.75, 3.05) is 7.11 Å². The third kappa shape index (κ3) is 2.50. The fourth-order valence-corrected chi connectivity index (χ4v) is 1.69. The van der Waals surface area contributed by atoms with E-state index in [0.717, 1.165) is 11.3 Å². The Bertz CT molecular complexity index is 516. The van der Waals surface area contributed by atoms with Crippen LogP contribution in [0.1, 0.15) is 15.9 Å². The van der Waals surface area contributed by atoms with Crippen LogP contribution in [0.4, 0.5) is 0 Å². The number of carbonyl (C=O) groups excluding carboxylic acids is 1. The molecule has 0 fully saturated rings. The molecule has 0 unspecified atom stereocenters. The van der Waals surface area contributed by atoms with E-state index in [-0.39, 0.29) is 5.91 Å². The Kier molecular flexibility index (Phi) is 3.49. The summed E-state index contributed by atoms with van der Waals surface area (Å²) < 4.78 is 6.57. The zero-order valence-electron chi connectivity index (χ0n) is 9.39. The molecule has 88 valence electrons. The van der Waals surface area contributed by atoms with Crippen LogP contribution in [0.5, 0.6) is 5.75 Å². The van der Waals surface area contributed by atoms with Crippen LogP contribution in [-0.2, 0) is 5.88 Å². The molecule has 0 N–H and O–H groups in total. The van der Waals surface area contributed by atoms with E-state index in [9.17, 15) is 4.79 Å². The lowest BCUT2D eigenvalue weighted by atomic mass is 10.2. The van der Waals surface area contributed by atoms with E-state index in [1.54, 1.807) is 43.8 Å². The maximum absolute atomic E-state index is 12.1. The first-order valence-electron chi connectivity index (χ1n) is 5.16. The lowest BCUT2D eigenvalue weighted by molar-refractivity contribution is 0.0960. The minimum Gasteiger partial charge on any atom is -0.497 e. The summed E-state index contributed by atoms with van der Waals surface area (Å²) in [6.07, 6.45) is 3.45. The molecule has 1 aromatic carbocycles. The van der Waals surface area contributed by atoms with E-state index in [4.69, 9.17) is 16.3 Å². The number of halogens is 1. The summed E-state index contributed by atoms with van der Waals surface area (Å²) in [5, 5.41) is 0. The molecule has 0 saturated carbocycles. The van der Waals surface area contributed by atoms with E-state index in [2.05, 4.69) is 0 Å². The van der Waals surface area contributed by atoms with Gasteiger partial charge in [-0.25, -0.2) is 0 Å². The SMILES string of the molecule is COc1ccc(C(=O)n2ccc(CCl)c2)cc1. The zero-order chi connectivity index (χ0) is 12.3. The van der Waals surface area contributed by atoms with Gasteiger partial charge in [-0.2, -0.15) is 0 Å². The van der Waals surface area contributed by atoms with Gasteiger partial charge < -0.3 is 4.74 Å². The minimum absolute atomic E-state index is 0.0796. The predicted octanol–water partition coefficient (Wildman–Crippen LogP) is 2.92. The Hall–Kier alpha value is -1.74. The number of hydrogen-bond donors (Lipinski definition) is 0. The first kappa shape index (κ1) is 11.7. The van der Waals surface area contributed by atoms with Gasteiger partial charge in [0.15, 0.2) is 0 Å². The average molecular weight is 250 g/mol. The number of nitrogens with zero attached hydrogens (tertiary/aromatic N) is 1. The Balaban J connectivity index is 2.23. The molecule has 0 aliphatic heterocycles. The molecule has 1 aromatic heterocycles. The van der Waals surface area contributed by atoms with Crippen molar-refractivity contribution in [1.29, 1.82) is 0 Å². The first-order chi connectivity index (χ1) is 8.24. The molecule has 0 aliphatic carbocycles. The van der Waals surface area contributed by atoms with Gasteiger partial charge in [-0.3, -0.25) is 9.36 Å². The number of hydrogen-bond acceptors (Lipinski definition) is 2. The summed E-state index contributed by atoms with van der Waals surface area (Å²) in [4.78, 5) is 12.1. The fraction of sp³-hybridized carbons (Fsp3) is 0.154. The topological polar surface area (TPSA) is 31.2 Å². The van der Waals surface area contributed by atoms with Crippen LogP contribution in [0.15, 0.2) is 42.7 Å². The molecule has 0 saturated heterocycles. The van der Waals surface area contributed by atoms with E-state index in [0.29, 0.717) is 11.4 Å². The molecular formula is C13H12ClNO2. The monoisotopic (exact) mass is 249 g/mol. The average Bonchev–Trinajstić information content (AvgIpc) is 2.87. The molecule has 4 heteroatoms. The molecule has 2 rings (SSSR count). The van der Waals surface area contributed by atoms with Gasteiger partial charge in [0.1, 0.15) is 5.75 Å². The summed E-state index contributed by atoms with van der Waals surface area (Å²) in [6, 6.07) is 8.83. The smallest absolute Gasteiger partial charge is 0.261 e. The van der Waals surface area contributed by atoms with E-state index in [1.165, 1.54) is 4.57 Å². The highest BCUT2D eigenvalue weighted by atomic mass is 35.5. The number of aromatic nitrogens is 1. The highest BCUT2D eigenvalue weighted by molar-refractivity contribution is 6.17. The van der Waals surface area contributed by atoms with E-state index in [1.807, 2.05) is 6.07 Å². The van der Waals surface area contributed by atoms with Crippen molar-refractivity contribution in [2.24, 2.45) is 0 Å². The molecule has 0 radical (unpaired) electrons. The summed E-state index contributed by atoms with van der Waals surface area (Å²) in [5.41, 5.74) is 1.54. The molecule has 0 spiro atoms. The number of carbonyl (C=O) groups is 1. The van der Waals surface area contributed by atoms with Crippen LogP contribution >= 0.6 is 11.6 Å². The molecule has 2 aromatic rings. The van der Waals surface area contributed by atoms with E-state index < -0.39 is 0 Å². The van der Waals surface area contributed by atoms with Crippen molar-refractivity contribution in [2.45, 2.75) is 5.88 Å². The molecule has 17 heavy (non-hydrogen) atoms. The summed E-state index contributed by atoms with van der Waals surface area (Å²) in [6.45, 7) is 0. The standard InChI is InChI=1S/C13H12ClNO2/c1-17-12-4-2-11(3-5-12)13(16)15-7-6-10(8-14)9-15/h2-7,9H,8H2,1H3. The number of alkyl halides is 1. The second-order valence-electron chi connectivity index (χ2n) is 3.59. The van der Waals surface area contributed by atoms with Crippen molar-refractivity contribution < 1.29 is 9.53 Å². The molecule has 3 nitrogen and oxygen atoms in total. The number of ether oxygens (including phenoxy) is 1. The molecule has 0 atom stereocenters. The summed E-state index contributed by atoms with van der Waals surface area (Å²) in [7, 11) is 1.59. The normalized spacial score (nSPS) is 10.2.